The van der Waals surface area contributed by atoms with Crippen molar-refractivity contribution in [1.82, 2.24) is 19.9 Å². The van der Waals surface area contributed by atoms with Gasteiger partial charge >= 0.3 is 5.97 Å². The summed E-state index contributed by atoms with van der Waals surface area (Å²) in [5, 5.41) is 7.40. The molecule has 0 aliphatic rings. The third kappa shape index (κ3) is 3.69. The van der Waals surface area contributed by atoms with Gasteiger partial charge in [-0.05, 0) is 27.7 Å². The van der Waals surface area contributed by atoms with Crippen molar-refractivity contribution in [3.8, 4) is 0 Å². The lowest BCUT2D eigenvalue weighted by atomic mass is 10.4. The van der Waals surface area contributed by atoms with Gasteiger partial charge in [0.05, 0.1) is 6.10 Å². The van der Waals surface area contributed by atoms with E-state index < -0.39 is 5.97 Å². The van der Waals surface area contributed by atoms with E-state index in [1.54, 1.807) is 18.7 Å². The van der Waals surface area contributed by atoms with Crippen molar-refractivity contribution in [2.45, 2.75) is 40.3 Å². The second-order valence-electron chi connectivity index (χ2n) is 4.50. The van der Waals surface area contributed by atoms with Crippen LogP contribution in [-0.2, 0) is 16.1 Å². The number of carbonyl (C=O) groups is 2. The zero-order valence-corrected chi connectivity index (χ0v) is 12.3. The third-order valence-corrected chi connectivity index (χ3v) is 2.71. The number of hydrogen-bond donors (Lipinski definition) is 1. The Hall–Kier alpha value is -2.12. The van der Waals surface area contributed by atoms with Crippen molar-refractivity contribution in [3.63, 3.8) is 0 Å². The minimum absolute atomic E-state index is 0.0381. The van der Waals surface area contributed by atoms with Gasteiger partial charge in [-0.15, -0.1) is 5.10 Å². The molecular formula is C12H21N5O3. The van der Waals surface area contributed by atoms with E-state index in [9.17, 15) is 9.59 Å². The normalized spacial score (nSPS) is 10.7. The highest BCUT2D eigenvalue weighted by molar-refractivity contribution is 5.92. The number of aromatic nitrogens is 3. The van der Waals surface area contributed by atoms with Crippen LogP contribution in [0.4, 0.5) is 5.82 Å². The van der Waals surface area contributed by atoms with E-state index in [1.165, 1.54) is 4.68 Å². The molecule has 1 aromatic heterocycles. The molecule has 8 nitrogen and oxygen atoms in total. The molecule has 0 aromatic carbocycles. The Morgan fingerprint density at radius 2 is 1.95 bits per heavy atom. The number of amides is 1. The number of anilines is 1. The first-order chi connectivity index (χ1) is 9.40. The minimum atomic E-state index is -0.640. The van der Waals surface area contributed by atoms with Gasteiger partial charge in [0.15, 0.2) is 5.82 Å². The van der Waals surface area contributed by atoms with E-state index in [4.69, 9.17) is 10.5 Å². The predicted octanol–water partition coefficient (Wildman–Crippen LogP) is 0.294. The molecule has 112 valence electrons. The lowest BCUT2D eigenvalue weighted by Gasteiger charge is -2.18. The first kappa shape index (κ1) is 15.9. The molecule has 8 heteroatoms. The second-order valence-corrected chi connectivity index (χ2v) is 4.50. The molecule has 0 unspecified atom stereocenters. The number of hydrogen-bond acceptors (Lipinski definition) is 6. The van der Waals surface area contributed by atoms with E-state index >= 15 is 0 Å². The van der Waals surface area contributed by atoms with Crippen LogP contribution in [0.5, 0.6) is 0 Å². The molecule has 0 bridgehead atoms. The first-order valence-electron chi connectivity index (χ1n) is 6.58. The summed E-state index contributed by atoms with van der Waals surface area (Å²) in [7, 11) is 0. The van der Waals surface area contributed by atoms with Crippen LogP contribution in [-0.4, -0.2) is 51.0 Å². The Bertz CT molecular complexity index is 479. The number of carbonyl (C=O) groups excluding carboxylic acids is 2. The molecule has 0 saturated heterocycles. The first-order valence-corrected chi connectivity index (χ1v) is 6.58. The quantitative estimate of drug-likeness (QED) is 0.753. The molecule has 1 heterocycles. The van der Waals surface area contributed by atoms with Crippen LogP contribution in [0.3, 0.4) is 0 Å². The van der Waals surface area contributed by atoms with Gasteiger partial charge in [0.1, 0.15) is 6.54 Å². The average molecular weight is 283 g/mol. The highest BCUT2D eigenvalue weighted by Crippen LogP contribution is 2.10. The average Bonchev–Trinajstić information content (AvgIpc) is 2.72. The fourth-order valence-corrected chi connectivity index (χ4v) is 1.66. The molecule has 0 fully saturated rings. The van der Waals surface area contributed by atoms with Crippen LogP contribution in [0.15, 0.2) is 0 Å². The molecule has 1 rings (SSSR count). The Morgan fingerprint density at radius 1 is 1.35 bits per heavy atom. The van der Waals surface area contributed by atoms with Crippen molar-refractivity contribution >= 4 is 17.7 Å². The van der Waals surface area contributed by atoms with Gasteiger partial charge < -0.3 is 15.4 Å². The molecular weight excluding hydrogens is 262 g/mol. The molecule has 20 heavy (non-hydrogen) atoms. The molecule has 0 atom stereocenters. The van der Waals surface area contributed by atoms with Gasteiger partial charge in [-0.1, -0.05) is 5.21 Å². The number of nitrogen functional groups attached to an aromatic ring is 1. The standard InChI is InChI=1S/C12H21N5O3/c1-5-16(6-2)9(18)7-17-11(13)10(14-15-17)12(19)20-8(3)4/h8H,5-7,13H2,1-4H3. The number of nitrogens with two attached hydrogens (primary N) is 1. The van der Waals surface area contributed by atoms with Gasteiger partial charge in [-0.3, -0.25) is 4.79 Å². The summed E-state index contributed by atoms with van der Waals surface area (Å²) in [4.78, 5) is 25.3. The van der Waals surface area contributed by atoms with E-state index in [0.29, 0.717) is 13.1 Å². The fraction of sp³-hybridized carbons (Fsp3) is 0.667. The number of likely N-dealkylation sites (N-methyl/N-ethyl adjacent to an activating group) is 1. The predicted molar refractivity (Wildman–Crippen MR) is 72.9 cm³/mol. The van der Waals surface area contributed by atoms with Gasteiger partial charge in [-0.25, -0.2) is 9.48 Å². The van der Waals surface area contributed by atoms with E-state index in [-0.39, 0.29) is 30.1 Å². The van der Waals surface area contributed by atoms with Crippen molar-refractivity contribution in [2.75, 3.05) is 18.8 Å². The monoisotopic (exact) mass is 283 g/mol. The van der Waals surface area contributed by atoms with Crippen LogP contribution >= 0.6 is 0 Å². The third-order valence-electron chi connectivity index (χ3n) is 2.71. The van der Waals surface area contributed by atoms with Crippen LogP contribution in [0.2, 0.25) is 0 Å². The Labute approximate surface area is 117 Å². The largest absolute Gasteiger partial charge is 0.458 e. The maximum atomic E-state index is 11.9. The lowest BCUT2D eigenvalue weighted by molar-refractivity contribution is -0.131. The molecule has 0 aliphatic heterocycles. The number of esters is 1. The highest BCUT2D eigenvalue weighted by atomic mass is 16.5. The number of rotatable bonds is 6. The molecule has 0 radical (unpaired) electrons. The zero-order valence-electron chi connectivity index (χ0n) is 12.3. The second kappa shape index (κ2) is 6.88. The molecule has 0 aliphatic carbocycles. The van der Waals surface area contributed by atoms with E-state index in [2.05, 4.69) is 10.3 Å². The smallest absolute Gasteiger partial charge is 0.363 e. The molecule has 0 spiro atoms. The number of nitrogens with zero attached hydrogens (tertiary/aromatic N) is 4. The van der Waals surface area contributed by atoms with Crippen LogP contribution in [0, 0.1) is 0 Å². The molecule has 1 amide bonds. The summed E-state index contributed by atoms with van der Waals surface area (Å²) in [6, 6.07) is 0. The highest BCUT2D eigenvalue weighted by Gasteiger charge is 2.21. The SMILES string of the molecule is CCN(CC)C(=O)Cn1nnc(C(=O)OC(C)C)c1N. The Balaban J connectivity index is 2.82. The summed E-state index contributed by atoms with van der Waals surface area (Å²) >= 11 is 0. The minimum Gasteiger partial charge on any atom is -0.458 e. The maximum absolute atomic E-state index is 11.9. The summed E-state index contributed by atoms with van der Waals surface area (Å²) in [6.07, 6.45) is -0.274. The molecule has 1 aromatic rings. The van der Waals surface area contributed by atoms with Crippen LogP contribution < -0.4 is 5.73 Å². The van der Waals surface area contributed by atoms with Gasteiger partial charge in [0.25, 0.3) is 0 Å². The summed E-state index contributed by atoms with van der Waals surface area (Å²) in [6.45, 7) is 8.38. The maximum Gasteiger partial charge on any atom is 0.363 e. The van der Waals surface area contributed by atoms with Gasteiger partial charge in [0, 0.05) is 13.1 Å². The lowest BCUT2D eigenvalue weighted by Crippen LogP contribution is -2.34. The van der Waals surface area contributed by atoms with Crippen molar-refractivity contribution in [3.05, 3.63) is 5.69 Å². The van der Waals surface area contributed by atoms with Crippen molar-refractivity contribution < 1.29 is 14.3 Å². The van der Waals surface area contributed by atoms with Gasteiger partial charge in [-0.2, -0.15) is 0 Å². The van der Waals surface area contributed by atoms with Crippen molar-refractivity contribution in [2.24, 2.45) is 0 Å². The van der Waals surface area contributed by atoms with E-state index in [1.807, 2.05) is 13.8 Å². The summed E-state index contributed by atoms with van der Waals surface area (Å²) < 4.78 is 6.20. The zero-order chi connectivity index (χ0) is 15.3. The number of ether oxygens (including phenoxy) is 1. The Morgan fingerprint density at radius 3 is 2.45 bits per heavy atom. The van der Waals surface area contributed by atoms with E-state index in [0.717, 1.165) is 0 Å². The Kier molecular flexibility index (Phi) is 5.48. The summed E-state index contributed by atoms with van der Waals surface area (Å²) in [5.41, 5.74) is 5.71. The topological polar surface area (TPSA) is 103 Å². The molecule has 0 saturated carbocycles. The summed E-state index contributed by atoms with van der Waals surface area (Å²) in [5.74, 6) is -0.731. The van der Waals surface area contributed by atoms with Crippen LogP contribution in [0.25, 0.3) is 0 Å². The van der Waals surface area contributed by atoms with Crippen LogP contribution in [0.1, 0.15) is 38.2 Å². The fourth-order valence-electron chi connectivity index (χ4n) is 1.66. The van der Waals surface area contributed by atoms with Gasteiger partial charge in [0.2, 0.25) is 11.6 Å². The van der Waals surface area contributed by atoms with Crippen molar-refractivity contribution in [1.29, 1.82) is 0 Å². The molecule has 2 N–H and O–H groups in total.